The van der Waals surface area contributed by atoms with Gasteiger partial charge >= 0.3 is 0 Å². The molecule has 120 valence electrons. The Kier molecular flexibility index (Phi) is 2.94. The summed E-state index contributed by atoms with van der Waals surface area (Å²) in [5.74, 6) is 2.24. The van der Waals surface area contributed by atoms with Crippen LogP contribution in [0.3, 0.4) is 0 Å². The molecular formula is C19H18N4S. The Morgan fingerprint density at radius 3 is 2.83 bits per heavy atom. The van der Waals surface area contributed by atoms with Gasteiger partial charge in [-0.05, 0) is 36.8 Å². The van der Waals surface area contributed by atoms with E-state index in [1.54, 1.807) is 17.5 Å². The lowest BCUT2D eigenvalue weighted by Crippen LogP contribution is -2.12. The van der Waals surface area contributed by atoms with Gasteiger partial charge in [0.15, 0.2) is 0 Å². The maximum absolute atomic E-state index is 6.24. The van der Waals surface area contributed by atoms with Crippen molar-refractivity contribution >= 4 is 32.8 Å². The molecule has 4 nitrogen and oxygen atoms in total. The number of aromatic nitrogens is 3. The standard InChI is InChI=1S/C19H18N4S/c1-11-13-7-2-3-8-14(13)24-17(11)15-16-18(20)21-9-10-23(16)19(22-15)12-5-4-6-12/h2-3,7-10,12H,4-6H2,1H3,(H2,20,21). The van der Waals surface area contributed by atoms with Gasteiger partial charge in [-0.2, -0.15) is 0 Å². The first-order chi connectivity index (χ1) is 11.7. The SMILES string of the molecule is Cc1c(-c2nc(C3CCC3)n3ccnc(N)c23)sc2ccccc12. The van der Waals surface area contributed by atoms with E-state index in [2.05, 4.69) is 40.6 Å². The quantitative estimate of drug-likeness (QED) is 0.574. The van der Waals surface area contributed by atoms with Crippen LogP contribution in [-0.2, 0) is 0 Å². The Bertz CT molecular complexity index is 1070. The van der Waals surface area contributed by atoms with Gasteiger partial charge in [-0.25, -0.2) is 9.97 Å². The zero-order valence-corrected chi connectivity index (χ0v) is 14.3. The largest absolute Gasteiger partial charge is 0.382 e. The number of hydrogen-bond donors (Lipinski definition) is 1. The Labute approximate surface area is 144 Å². The summed E-state index contributed by atoms with van der Waals surface area (Å²) >= 11 is 1.79. The van der Waals surface area contributed by atoms with Gasteiger partial charge in [-0.1, -0.05) is 24.6 Å². The summed E-state index contributed by atoms with van der Waals surface area (Å²) in [6.45, 7) is 2.18. The molecule has 1 aliphatic carbocycles. The number of anilines is 1. The summed E-state index contributed by atoms with van der Waals surface area (Å²) in [4.78, 5) is 10.6. The van der Waals surface area contributed by atoms with Crippen molar-refractivity contribution in [2.45, 2.75) is 32.1 Å². The third-order valence-corrected chi connectivity index (χ3v) is 6.42. The molecule has 1 aliphatic rings. The fraction of sp³-hybridized carbons (Fsp3) is 0.263. The van der Waals surface area contributed by atoms with Crippen LogP contribution in [0.4, 0.5) is 5.82 Å². The van der Waals surface area contributed by atoms with E-state index < -0.39 is 0 Å². The minimum absolute atomic E-state index is 0.544. The summed E-state index contributed by atoms with van der Waals surface area (Å²) in [5.41, 5.74) is 9.46. The predicted molar refractivity (Wildman–Crippen MR) is 99.5 cm³/mol. The third kappa shape index (κ3) is 1.85. The number of hydrogen-bond acceptors (Lipinski definition) is 4. The van der Waals surface area contributed by atoms with E-state index in [1.165, 1.54) is 39.8 Å². The maximum atomic E-state index is 6.24. The second-order valence-corrected chi connectivity index (χ2v) is 7.58. The Hall–Kier alpha value is -2.40. The Morgan fingerprint density at radius 2 is 2.08 bits per heavy atom. The highest BCUT2D eigenvalue weighted by Crippen LogP contribution is 2.43. The van der Waals surface area contributed by atoms with Crippen LogP contribution in [0.2, 0.25) is 0 Å². The molecule has 0 radical (unpaired) electrons. The molecule has 4 aromatic rings. The molecule has 0 unspecified atom stereocenters. The van der Waals surface area contributed by atoms with Crippen molar-refractivity contribution in [2.24, 2.45) is 0 Å². The van der Waals surface area contributed by atoms with Crippen LogP contribution < -0.4 is 5.73 Å². The summed E-state index contributed by atoms with van der Waals surface area (Å²) in [5, 5.41) is 1.30. The summed E-state index contributed by atoms with van der Waals surface area (Å²) in [7, 11) is 0. The van der Waals surface area contributed by atoms with Gasteiger partial charge < -0.3 is 5.73 Å². The van der Waals surface area contributed by atoms with E-state index in [0.717, 1.165) is 17.0 Å². The van der Waals surface area contributed by atoms with Crippen molar-refractivity contribution in [2.75, 3.05) is 5.73 Å². The van der Waals surface area contributed by atoms with Gasteiger partial charge in [-0.15, -0.1) is 11.3 Å². The number of aryl methyl sites for hydroxylation is 1. The van der Waals surface area contributed by atoms with Gasteiger partial charge in [0.1, 0.15) is 22.9 Å². The van der Waals surface area contributed by atoms with Crippen molar-refractivity contribution < 1.29 is 0 Å². The zero-order chi connectivity index (χ0) is 16.3. The van der Waals surface area contributed by atoms with E-state index in [9.17, 15) is 0 Å². The first-order valence-electron chi connectivity index (χ1n) is 8.35. The van der Waals surface area contributed by atoms with Crippen LogP contribution in [0.15, 0.2) is 36.7 Å². The third-order valence-electron chi connectivity index (χ3n) is 5.14. The minimum Gasteiger partial charge on any atom is -0.382 e. The van der Waals surface area contributed by atoms with E-state index >= 15 is 0 Å². The second-order valence-electron chi connectivity index (χ2n) is 6.53. The van der Waals surface area contributed by atoms with E-state index in [4.69, 9.17) is 10.7 Å². The number of nitrogen functional groups attached to an aromatic ring is 1. The zero-order valence-electron chi connectivity index (χ0n) is 13.5. The molecule has 0 aliphatic heterocycles. The molecule has 0 atom stereocenters. The number of nitrogens with zero attached hydrogens (tertiary/aromatic N) is 3. The molecule has 0 spiro atoms. The van der Waals surface area contributed by atoms with Crippen molar-refractivity contribution in [3.05, 3.63) is 48.0 Å². The van der Waals surface area contributed by atoms with Gasteiger partial charge in [0.05, 0.1) is 4.88 Å². The maximum Gasteiger partial charge on any atom is 0.150 e. The van der Waals surface area contributed by atoms with Crippen LogP contribution in [0, 0.1) is 6.92 Å². The highest BCUT2D eigenvalue weighted by molar-refractivity contribution is 7.22. The Balaban J connectivity index is 1.83. The molecule has 1 aromatic carbocycles. The van der Waals surface area contributed by atoms with Crippen molar-refractivity contribution in [3.63, 3.8) is 0 Å². The highest BCUT2D eigenvalue weighted by atomic mass is 32.1. The summed E-state index contributed by atoms with van der Waals surface area (Å²) in [6, 6.07) is 8.52. The molecule has 5 heteroatoms. The van der Waals surface area contributed by atoms with Crippen LogP contribution in [0.1, 0.15) is 36.6 Å². The average Bonchev–Trinajstić information content (AvgIpc) is 3.06. The summed E-state index contributed by atoms with van der Waals surface area (Å²) < 4.78 is 3.45. The highest BCUT2D eigenvalue weighted by Gasteiger charge is 2.27. The molecule has 24 heavy (non-hydrogen) atoms. The topological polar surface area (TPSA) is 56.2 Å². The van der Waals surface area contributed by atoms with Gasteiger partial charge in [0, 0.05) is 23.0 Å². The molecule has 1 saturated carbocycles. The number of benzene rings is 1. The number of imidazole rings is 1. The molecular weight excluding hydrogens is 316 g/mol. The molecule has 0 bridgehead atoms. The molecule has 3 heterocycles. The van der Waals surface area contributed by atoms with E-state index in [-0.39, 0.29) is 0 Å². The van der Waals surface area contributed by atoms with Crippen molar-refractivity contribution in [3.8, 4) is 10.6 Å². The molecule has 0 saturated heterocycles. The number of nitrogens with two attached hydrogens (primary N) is 1. The monoisotopic (exact) mass is 334 g/mol. The lowest BCUT2D eigenvalue weighted by molar-refractivity contribution is 0.400. The van der Waals surface area contributed by atoms with E-state index in [0.29, 0.717) is 11.7 Å². The normalized spacial score (nSPS) is 15.2. The van der Waals surface area contributed by atoms with Crippen LogP contribution in [0.5, 0.6) is 0 Å². The molecule has 3 aromatic heterocycles. The number of rotatable bonds is 2. The molecule has 2 N–H and O–H groups in total. The first kappa shape index (κ1) is 14.0. The number of fused-ring (bicyclic) bond motifs is 2. The lowest BCUT2D eigenvalue weighted by atomic mass is 9.85. The predicted octanol–water partition coefficient (Wildman–Crippen LogP) is 4.77. The first-order valence-corrected chi connectivity index (χ1v) is 9.16. The summed E-state index contributed by atoms with van der Waals surface area (Å²) in [6.07, 6.45) is 7.49. The molecule has 0 amide bonds. The fourth-order valence-corrected chi connectivity index (χ4v) is 4.80. The smallest absolute Gasteiger partial charge is 0.150 e. The number of thiophene rings is 1. The van der Waals surface area contributed by atoms with Crippen LogP contribution >= 0.6 is 11.3 Å². The Morgan fingerprint density at radius 1 is 1.25 bits per heavy atom. The average molecular weight is 334 g/mol. The van der Waals surface area contributed by atoms with Crippen LogP contribution in [0.25, 0.3) is 26.2 Å². The van der Waals surface area contributed by atoms with Crippen LogP contribution in [-0.4, -0.2) is 14.4 Å². The molecule has 1 fully saturated rings. The van der Waals surface area contributed by atoms with Gasteiger partial charge in [-0.3, -0.25) is 4.40 Å². The molecule has 5 rings (SSSR count). The van der Waals surface area contributed by atoms with Gasteiger partial charge in [0.2, 0.25) is 0 Å². The fourth-order valence-electron chi connectivity index (χ4n) is 3.60. The lowest BCUT2D eigenvalue weighted by Gasteiger charge is -2.23. The second kappa shape index (κ2) is 5.05. The minimum atomic E-state index is 0.544. The van der Waals surface area contributed by atoms with E-state index in [1.807, 2.05) is 6.20 Å². The van der Waals surface area contributed by atoms with Crippen molar-refractivity contribution in [1.82, 2.24) is 14.4 Å². The van der Waals surface area contributed by atoms with Gasteiger partial charge in [0.25, 0.3) is 0 Å². The van der Waals surface area contributed by atoms with Crippen molar-refractivity contribution in [1.29, 1.82) is 0 Å².